The molecule has 0 spiro atoms. The summed E-state index contributed by atoms with van der Waals surface area (Å²) in [6.45, 7) is 0.837. The molecule has 1 unspecified atom stereocenters. The molecule has 2 aliphatic heterocycles. The van der Waals surface area contributed by atoms with Crippen LogP contribution in [-0.2, 0) is 4.74 Å². The van der Waals surface area contributed by atoms with E-state index in [4.69, 9.17) is 4.74 Å². The Morgan fingerprint density at radius 2 is 2.23 bits per heavy atom. The van der Waals surface area contributed by atoms with Crippen LogP contribution in [0, 0.1) is 0 Å². The highest BCUT2D eigenvalue weighted by atomic mass is 16.5. The van der Waals surface area contributed by atoms with Crippen LogP contribution in [0.3, 0.4) is 0 Å². The first-order chi connectivity index (χ1) is 6.45. The molecule has 0 N–H and O–H groups in total. The quantitative estimate of drug-likeness (QED) is 0.591. The monoisotopic (exact) mass is 173 g/mol. The zero-order valence-corrected chi connectivity index (χ0v) is 7.36. The third kappa shape index (κ3) is 0.981. The Morgan fingerprint density at radius 3 is 3.23 bits per heavy atom. The smallest absolute Gasteiger partial charge is 0.196 e. The maximum atomic E-state index is 5.53. The molecule has 0 aliphatic carbocycles. The average molecular weight is 173 g/mol. The van der Waals surface area contributed by atoms with Crippen molar-refractivity contribution in [3.63, 3.8) is 0 Å². The van der Waals surface area contributed by atoms with E-state index < -0.39 is 0 Å². The molecule has 66 valence electrons. The van der Waals surface area contributed by atoms with Gasteiger partial charge in [0.05, 0.1) is 18.2 Å². The van der Waals surface area contributed by atoms with E-state index in [1.54, 1.807) is 0 Å². The van der Waals surface area contributed by atoms with Gasteiger partial charge in [-0.25, -0.2) is 4.99 Å². The normalized spacial score (nSPS) is 24.3. The van der Waals surface area contributed by atoms with Crippen LogP contribution in [0.15, 0.2) is 29.3 Å². The maximum absolute atomic E-state index is 5.53. The summed E-state index contributed by atoms with van der Waals surface area (Å²) in [7, 11) is 0. The number of fused-ring (bicyclic) bond motifs is 3. The lowest BCUT2D eigenvalue weighted by atomic mass is 9.94. The van der Waals surface area contributed by atoms with Gasteiger partial charge in [0.25, 0.3) is 0 Å². The fourth-order valence-corrected chi connectivity index (χ4v) is 2.09. The van der Waals surface area contributed by atoms with Crippen LogP contribution in [0.25, 0.3) is 0 Å². The first-order valence-corrected chi connectivity index (χ1v) is 4.75. The molecule has 2 heteroatoms. The molecule has 3 rings (SSSR count). The van der Waals surface area contributed by atoms with E-state index in [-0.39, 0.29) is 0 Å². The number of hydrogen-bond acceptors (Lipinski definition) is 2. The second-order valence-corrected chi connectivity index (χ2v) is 3.55. The van der Waals surface area contributed by atoms with E-state index in [2.05, 4.69) is 23.2 Å². The molecule has 0 saturated carbocycles. The van der Waals surface area contributed by atoms with Gasteiger partial charge in [0.1, 0.15) is 0 Å². The van der Waals surface area contributed by atoms with E-state index in [0.717, 1.165) is 24.6 Å². The van der Waals surface area contributed by atoms with Crippen molar-refractivity contribution in [2.45, 2.75) is 18.8 Å². The molecule has 1 aromatic rings. The van der Waals surface area contributed by atoms with Crippen molar-refractivity contribution >= 4 is 11.6 Å². The van der Waals surface area contributed by atoms with Crippen LogP contribution in [0.2, 0.25) is 0 Å². The summed E-state index contributed by atoms with van der Waals surface area (Å²) in [5, 5.41) is 0. The van der Waals surface area contributed by atoms with Crippen LogP contribution in [0.4, 0.5) is 5.69 Å². The Labute approximate surface area is 77.3 Å². The fourth-order valence-electron chi connectivity index (χ4n) is 2.09. The Morgan fingerprint density at radius 1 is 1.31 bits per heavy atom. The summed E-state index contributed by atoms with van der Waals surface area (Å²) in [6.07, 6.45) is 2.34. The second kappa shape index (κ2) is 2.59. The minimum atomic E-state index is 0.449. The molecular weight excluding hydrogens is 162 g/mol. The SMILES string of the molecule is c1ccc2c(c1)N=C1OCCCC12. The first kappa shape index (κ1) is 7.13. The summed E-state index contributed by atoms with van der Waals surface area (Å²) in [6, 6.07) is 8.32. The first-order valence-electron chi connectivity index (χ1n) is 4.75. The summed E-state index contributed by atoms with van der Waals surface area (Å²) in [4.78, 5) is 4.47. The van der Waals surface area contributed by atoms with Gasteiger partial charge in [-0.2, -0.15) is 0 Å². The largest absolute Gasteiger partial charge is 0.480 e. The lowest BCUT2D eigenvalue weighted by Crippen LogP contribution is -2.19. The van der Waals surface area contributed by atoms with Crippen LogP contribution < -0.4 is 0 Å². The van der Waals surface area contributed by atoms with Crippen molar-refractivity contribution in [2.24, 2.45) is 4.99 Å². The van der Waals surface area contributed by atoms with Gasteiger partial charge in [0, 0.05) is 0 Å². The van der Waals surface area contributed by atoms with E-state index in [1.165, 1.54) is 12.0 Å². The minimum Gasteiger partial charge on any atom is -0.480 e. The van der Waals surface area contributed by atoms with Gasteiger partial charge in [-0.3, -0.25) is 0 Å². The van der Waals surface area contributed by atoms with Gasteiger partial charge in [-0.1, -0.05) is 18.2 Å². The molecule has 1 atom stereocenters. The number of para-hydroxylation sites is 1. The molecule has 1 fully saturated rings. The summed E-state index contributed by atoms with van der Waals surface area (Å²) < 4.78 is 5.53. The highest BCUT2D eigenvalue weighted by molar-refractivity contribution is 5.92. The molecule has 1 aromatic carbocycles. The Bertz CT molecular complexity index is 370. The highest BCUT2D eigenvalue weighted by Crippen LogP contribution is 2.39. The summed E-state index contributed by atoms with van der Waals surface area (Å²) in [5.41, 5.74) is 2.45. The minimum absolute atomic E-state index is 0.449. The molecule has 2 aliphatic rings. The third-order valence-electron chi connectivity index (χ3n) is 2.73. The third-order valence-corrected chi connectivity index (χ3v) is 2.73. The van der Waals surface area contributed by atoms with Crippen molar-refractivity contribution in [2.75, 3.05) is 6.61 Å². The van der Waals surface area contributed by atoms with Gasteiger partial charge < -0.3 is 4.74 Å². The molecule has 2 nitrogen and oxygen atoms in total. The van der Waals surface area contributed by atoms with Crippen LogP contribution >= 0.6 is 0 Å². The molecule has 2 heterocycles. The van der Waals surface area contributed by atoms with Gasteiger partial charge in [0.15, 0.2) is 5.90 Å². The molecule has 0 aromatic heterocycles. The predicted molar refractivity (Wildman–Crippen MR) is 51.5 cm³/mol. The van der Waals surface area contributed by atoms with E-state index >= 15 is 0 Å². The molecule has 1 saturated heterocycles. The molecule has 0 bridgehead atoms. The molecule has 0 radical (unpaired) electrons. The number of rotatable bonds is 0. The van der Waals surface area contributed by atoms with E-state index in [9.17, 15) is 0 Å². The second-order valence-electron chi connectivity index (χ2n) is 3.55. The Hall–Kier alpha value is -1.31. The number of hydrogen-bond donors (Lipinski definition) is 0. The number of nitrogens with zero attached hydrogens (tertiary/aromatic N) is 1. The highest BCUT2D eigenvalue weighted by Gasteiger charge is 2.30. The topological polar surface area (TPSA) is 21.6 Å². The number of benzene rings is 1. The maximum Gasteiger partial charge on any atom is 0.196 e. The summed E-state index contributed by atoms with van der Waals surface area (Å²) >= 11 is 0. The fraction of sp³-hybridized carbons (Fsp3) is 0.364. The zero-order valence-electron chi connectivity index (χ0n) is 7.36. The standard InChI is InChI=1S/C11H11NO/c1-2-6-10-8(4-1)9-5-3-7-13-11(9)12-10/h1-2,4,6,9H,3,5,7H2. The van der Waals surface area contributed by atoms with Crippen molar-refractivity contribution in [3.05, 3.63) is 29.8 Å². The zero-order chi connectivity index (χ0) is 8.67. The molecule has 13 heavy (non-hydrogen) atoms. The molecule has 0 amide bonds. The summed E-state index contributed by atoms with van der Waals surface area (Å²) in [5.74, 6) is 1.39. The van der Waals surface area contributed by atoms with Crippen molar-refractivity contribution in [1.82, 2.24) is 0 Å². The van der Waals surface area contributed by atoms with Crippen molar-refractivity contribution in [3.8, 4) is 0 Å². The van der Waals surface area contributed by atoms with Crippen molar-refractivity contribution in [1.29, 1.82) is 0 Å². The number of ether oxygens (including phenoxy) is 1. The predicted octanol–water partition coefficient (Wildman–Crippen LogP) is 2.62. The average Bonchev–Trinajstić information content (AvgIpc) is 2.56. The van der Waals surface area contributed by atoms with E-state index in [0.29, 0.717) is 5.92 Å². The Kier molecular flexibility index (Phi) is 1.42. The molecular formula is C11H11NO. The van der Waals surface area contributed by atoms with Gasteiger partial charge in [-0.15, -0.1) is 0 Å². The Balaban J connectivity index is 2.09. The lowest BCUT2D eigenvalue weighted by Gasteiger charge is -2.20. The number of aliphatic imine (C=N–C) groups is 1. The van der Waals surface area contributed by atoms with Crippen LogP contribution in [0.1, 0.15) is 24.3 Å². The van der Waals surface area contributed by atoms with Crippen molar-refractivity contribution < 1.29 is 4.74 Å². The lowest BCUT2D eigenvalue weighted by molar-refractivity contribution is 0.251. The van der Waals surface area contributed by atoms with Gasteiger partial charge >= 0.3 is 0 Å². The van der Waals surface area contributed by atoms with E-state index in [1.807, 2.05) is 6.07 Å². The van der Waals surface area contributed by atoms with Gasteiger partial charge in [-0.05, 0) is 24.5 Å². The van der Waals surface area contributed by atoms with Crippen LogP contribution in [-0.4, -0.2) is 12.5 Å². The van der Waals surface area contributed by atoms with Gasteiger partial charge in [0.2, 0.25) is 0 Å². The van der Waals surface area contributed by atoms with Crippen LogP contribution in [0.5, 0.6) is 0 Å².